The van der Waals surface area contributed by atoms with Gasteiger partial charge in [0.25, 0.3) is 0 Å². The highest BCUT2D eigenvalue weighted by Gasteiger charge is 2.07. The van der Waals surface area contributed by atoms with E-state index in [9.17, 15) is 4.39 Å². The quantitative estimate of drug-likeness (QED) is 0.850. The molecule has 0 fully saturated rings. The predicted molar refractivity (Wildman–Crippen MR) is 69.4 cm³/mol. The Kier molecular flexibility index (Phi) is 3.46. The van der Waals surface area contributed by atoms with Crippen LogP contribution in [0.15, 0.2) is 42.5 Å². The van der Waals surface area contributed by atoms with Crippen molar-refractivity contribution in [2.45, 2.75) is 13.0 Å². The lowest BCUT2D eigenvalue weighted by Crippen LogP contribution is -2.04. The number of hydrogen-bond donors (Lipinski definition) is 1. The fourth-order valence-corrected chi connectivity index (χ4v) is 1.87. The monoisotopic (exact) mass is 249 g/mol. The van der Waals surface area contributed by atoms with Crippen LogP contribution in [0.5, 0.6) is 0 Å². The first-order chi connectivity index (χ1) is 8.08. The summed E-state index contributed by atoms with van der Waals surface area (Å²) in [5.41, 5.74) is 8.14. The second-order valence-corrected chi connectivity index (χ2v) is 4.47. The molecule has 0 saturated heterocycles. The first-order valence-corrected chi connectivity index (χ1v) is 5.76. The molecule has 0 heterocycles. The van der Waals surface area contributed by atoms with Gasteiger partial charge in [0.2, 0.25) is 0 Å². The third-order valence-corrected chi connectivity index (χ3v) is 2.89. The van der Waals surface area contributed by atoms with Crippen molar-refractivity contribution in [3.63, 3.8) is 0 Å². The molecule has 0 aliphatic carbocycles. The largest absolute Gasteiger partial charge is 0.324 e. The van der Waals surface area contributed by atoms with Crippen molar-refractivity contribution in [3.05, 3.63) is 58.9 Å². The highest BCUT2D eigenvalue weighted by atomic mass is 35.5. The summed E-state index contributed by atoms with van der Waals surface area (Å²) >= 11 is 5.73. The van der Waals surface area contributed by atoms with Gasteiger partial charge in [-0.25, -0.2) is 4.39 Å². The van der Waals surface area contributed by atoms with Crippen LogP contribution in [0.25, 0.3) is 11.1 Å². The zero-order valence-corrected chi connectivity index (χ0v) is 10.2. The minimum Gasteiger partial charge on any atom is -0.324 e. The maximum Gasteiger partial charge on any atom is 0.132 e. The normalized spacial score (nSPS) is 12.5. The highest BCUT2D eigenvalue weighted by Crippen LogP contribution is 2.27. The Bertz CT molecular complexity index is 537. The smallest absolute Gasteiger partial charge is 0.132 e. The summed E-state index contributed by atoms with van der Waals surface area (Å²) < 4.78 is 13.8. The Morgan fingerprint density at radius 1 is 1.18 bits per heavy atom. The average molecular weight is 250 g/mol. The third-order valence-electron chi connectivity index (χ3n) is 2.65. The van der Waals surface area contributed by atoms with E-state index in [-0.39, 0.29) is 11.9 Å². The van der Waals surface area contributed by atoms with Crippen molar-refractivity contribution >= 4 is 11.6 Å². The van der Waals surface area contributed by atoms with Gasteiger partial charge < -0.3 is 5.73 Å². The van der Waals surface area contributed by atoms with Crippen LogP contribution in [0.1, 0.15) is 18.5 Å². The van der Waals surface area contributed by atoms with Gasteiger partial charge in [0.05, 0.1) is 0 Å². The molecule has 2 aromatic carbocycles. The van der Waals surface area contributed by atoms with Gasteiger partial charge in [-0.2, -0.15) is 0 Å². The molecule has 1 nitrogen and oxygen atoms in total. The molecule has 2 aromatic rings. The van der Waals surface area contributed by atoms with Gasteiger partial charge in [-0.05, 0) is 42.3 Å². The summed E-state index contributed by atoms with van der Waals surface area (Å²) in [6.07, 6.45) is 0. The Morgan fingerprint density at radius 3 is 2.59 bits per heavy atom. The van der Waals surface area contributed by atoms with Crippen molar-refractivity contribution in [3.8, 4) is 11.1 Å². The summed E-state index contributed by atoms with van der Waals surface area (Å²) in [5, 5.41) is 0.398. The van der Waals surface area contributed by atoms with E-state index in [2.05, 4.69) is 0 Å². The van der Waals surface area contributed by atoms with E-state index in [4.69, 9.17) is 17.3 Å². The lowest BCUT2D eigenvalue weighted by atomic mass is 10.0. The second kappa shape index (κ2) is 4.86. The number of nitrogens with two attached hydrogens (primary N) is 1. The van der Waals surface area contributed by atoms with Gasteiger partial charge in [-0.15, -0.1) is 0 Å². The Balaban J connectivity index is 2.49. The van der Waals surface area contributed by atoms with E-state index in [1.807, 2.05) is 31.2 Å². The summed E-state index contributed by atoms with van der Waals surface area (Å²) in [7, 11) is 0. The molecule has 0 aromatic heterocycles. The van der Waals surface area contributed by atoms with Gasteiger partial charge in [-0.3, -0.25) is 0 Å². The van der Waals surface area contributed by atoms with Crippen molar-refractivity contribution < 1.29 is 4.39 Å². The average Bonchev–Trinajstić information content (AvgIpc) is 2.29. The summed E-state index contributed by atoms with van der Waals surface area (Å²) in [6.45, 7) is 1.90. The van der Waals surface area contributed by atoms with Gasteiger partial charge in [-0.1, -0.05) is 29.8 Å². The zero-order chi connectivity index (χ0) is 12.4. The first-order valence-electron chi connectivity index (χ1n) is 5.39. The molecular weight excluding hydrogens is 237 g/mol. The predicted octanol–water partition coefficient (Wildman–Crippen LogP) is 4.17. The van der Waals surface area contributed by atoms with Crippen LogP contribution in [0.2, 0.25) is 5.02 Å². The van der Waals surface area contributed by atoms with Gasteiger partial charge in [0, 0.05) is 16.6 Å². The van der Waals surface area contributed by atoms with E-state index in [0.29, 0.717) is 10.6 Å². The summed E-state index contributed by atoms with van der Waals surface area (Å²) in [6, 6.07) is 12.2. The van der Waals surface area contributed by atoms with Crippen LogP contribution in [-0.2, 0) is 0 Å². The maximum absolute atomic E-state index is 13.8. The molecule has 0 bridgehead atoms. The molecule has 17 heavy (non-hydrogen) atoms. The van der Waals surface area contributed by atoms with Crippen LogP contribution in [0, 0.1) is 5.82 Å². The van der Waals surface area contributed by atoms with E-state index in [0.717, 1.165) is 11.1 Å². The molecule has 2 rings (SSSR count). The highest BCUT2D eigenvalue weighted by molar-refractivity contribution is 6.30. The Morgan fingerprint density at radius 2 is 1.94 bits per heavy atom. The van der Waals surface area contributed by atoms with E-state index in [1.54, 1.807) is 12.1 Å². The number of hydrogen-bond acceptors (Lipinski definition) is 1. The molecule has 0 saturated carbocycles. The second-order valence-electron chi connectivity index (χ2n) is 4.04. The van der Waals surface area contributed by atoms with Gasteiger partial charge in [0.15, 0.2) is 0 Å². The van der Waals surface area contributed by atoms with Crippen LogP contribution >= 0.6 is 11.6 Å². The Labute approximate surface area is 105 Å². The van der Waals surface area contributed by atoms with Gasteiger partial charge >= 0.3 is 0 Å². The fraction of sp³-hybridized carbons (Fsp3) is 0.143. The van der Waals surface area contributed by atoms with Crippen molar-refractivity contribution in [1.29, 1.82) is 0 Å². The number of rotatable bonds is 2. The van der Waals surface area contributed by atoms with Crippen LogP contribution in [0.3, 0.4) is 0 Å². The molecule has 2 N–H and O–H groups in total. The van der Waals surface area contributed by atoms with Crippen molar-refractivity contribution in [2.75, 3.05) is 0 Å². The van der Waals surface area contributed by atoms with Crippen molar-refractivity contribution in [1.82, 2.24) is 0 Å². The Hall–Kier alpha value is -1.38. The molecule has 0 aliphatic heterocycles. The zero-order valence-electron chi connectivity index (χ0n) is 9.45. The maximum atomic E-state index is 13.8. The minimum absolute atomic E-state index is 0.0645. The number of halogens is 2. The molecule has 0 amide bonds. The lowest BCUT2D eigenvalue weighted by molar-refractivity contribution is 0.631. The molecule has 1 atom stereocenters. The SMILES string of the molecule is CC(N)c1cccc(-c2ccc(Cl)cc2F)c1. The summed E-state index contributed by atoms with van der Waals surface area (Å²) in [5.74, 6) is -0.320. The third kappa shape index (κ3) is 2.65. The van der Waals surface area contributed by atoms with Crippen molar-refractivity contribution in [2.24, 2.45) is 5.73 Å². The molecule has 3 heteroatoms. The number of benzene rings is 2. The molecule has 88 valence electrons. The molecular formula is C14H13ClFN. The molecule has 0 aliphatic rings. The van der Waals surface area contributed by atoms with E-state index >= 15 is 0 Å². The van der Waals surface area contributed by atoms with E-state index < -0.39 is 0 Å². The standard InChI is InChI=1S/C14H13ClFN/c1-9(17)10-3-2-4-11(7-10)13-6-5-12(15)8-14(13)16/h2-9H,17H2,1H3. The molecule has 0 radical (unpaired) electrons. The topological polar surface area (TPSA) is 26.0 Å². The molecule has 0 spiro atoms. The lowest BCUT2D eigenvalue weighted by Gasteiger charge is -2.09. The molecule has 1 unspecified atom stereocenters. The first kappa shape index (κ1) is 12.1. The van der Waals surface area contributed by atoms with Crippen LogP contribution in [-0.4, -0.2) is 0 Å². The fourth-order valence-electron chi connectivity index (χ4n) is 1.71. The minimum atomic E-state index is -0.320. The van der Waals surface area contributed by atoms with Crippen LogP contribution in [0.4, 0.5) is 4.39 Å². The van der Waals surface area contributed by atoms with Gasteiger partial charge in [0.1, 0.15) is 5.82 Å². The van der Waals surface area contributed by atoms with E-state index in [1.165, 1.54) is 6.07 Å². The van der Waals surface area contributed by atoms with Crippen LogP contribution < -0.4 is 5.73 Å². The summed E-state index contributed by atoms with van der Waals surface area (Å²) in [4.78, 5) is 0.